The Morgan fingerprint density at radius 3 is 2.60 bits per heavy atom. The van der Waals surface area contributed by atoms with Crippen molar-refractivity contribution in [2.75, 3.05) is 0 Å². The van der Waals surface area contributed by atoms with Gasteiger partial charge in [-0.25, -0.2) is 4.79 Å². The predicted molar refractivity (Wildman–Crippen MR) is 58.7 cm³/mol. The minimum absolute atomic E-state index is 0.0895. The SMILES string of the molecule is O=C(O)c1cnc2c(Cl)ccc(Cl)c2c1. The summed E-state index contributed by atoms with van der Waals surface area (Å²) in [5.74, 6) is -1.04. The number of hydrogen-bond donors (Lipinski definition) is 1. The lowest BCUT2D eigenvalue weighted by atomic mass is 10.1. The normalized spacial score (nSPS) is 10.5. The van der Waals surface area contributed by atoms with Gasteiger partial charge in [0, 0.05) is 11.6 Å². The van der Waals surface area contributed by atoms with Crippen LogP contribution >= 0.6 is 23.2 Å². The molecule has 1 aromatic heterocycles. The maximum Gasteiger partial charge on any atom is 0.337 e. The Bertz CT molecular complexity index is 554. The number of halogens is 2. The first kappa shape index (κ1) is 10.2. The molecule has 1 aromatic carbocycles. The molecule has 0 amide bonds. The second-order valence-corrected chi connectivity index (χ2v) is 3.77. The lowest BCUT2D eigenvalue weighted by Crippen LogP contribution is -1.97. The van der Waals surface area contributed by atoms with E-state index in [-0.39, 0.29) is 5.56 Å². The van der Waals surface area contributed by atoms with Gasteiger partial charge in [-0.3, -0.25) is 4.98 Å². The highest BCUT2D eigenvalue weighted by atomic mass is 35.5. The van der Waals surface area contributed by atoms with Crippen LogP contribution in [0.15, 0.2) is 24.4 Å². The zero-order valence-electron chi connectivity index (χ0n) is 7.37. The third kappa shape index (κ3) is 1.76. The smallest absolute Gasteiger partial charge is 0.337 e. The van der Waals surface area contributed by atoms with Crippen LogP contribution in [0.4, 0.5) is 0 Å². The molecule has 15 heavy (non-hydrogen) atoms. The number of benzene rings is 1. The first-order valence-electron chi connectivity index (χ1n) is 4.06. The van der Waals surface area contributed by atoms with Gasteiger partial charge in [-0.05, 0) is 18.2 Å². The van der Waals surface area contributed by atoms with E-state index in [9.17, 15) is 4.79 Å². The summed E-state index contributed by atoms with van der Waals surface area (Å²) in [5.41, 5.74) is 0.598. The van der Waals surface area contributed by atoms with Gasteiger partial charge >= 0.3 is 5.97 Å². The van der Waals surface area contributed by atoms with Gasteiger partial charge in [-0.2, -0.15) is 0 Å². The van der Waals surface area contributed by atoms with E-state index in [1.807, 2.05) is 0 Å². The summed E-state index contributed by atoms with van der Waals surface area (Å²) in [5, 5.41) is 10.2. The van der Waals surface area contributed by atoms with Crippen molar-refractivity contribution in [3.8, 4) is 0 Å². The second kappa shape index (κ2) is 3.68. The van der Waals surface area contributed by atoms with E-state index >= 15 is 0 Å². The van der Waals surface area contributed by atoms with Crippen LogP contribution in [0.5, 0.6) is 0 Å². The molecule has 0 bridgehead atoms. The number of carbonyl (C=O) groups is 1. The Morgan fingerprint density at radius 1 is 1.27 bits per heavy atom. The zero-order chi connectivity index (χ0) is 11.0. The summed E-state index contributed by atoms with van der Waals surface area (Å²) in [4.78, 5) is 14.7. The first-order chi connectivity index (χ1) is 7.09. The Morgan fingerprint density at radius 2 is 1.93 bits per heavy atom. The van der Waals surface area contributed by atoms with Crippen molar-refractivity contribution in [1.29, 1.82) is 0 Å². The lowest BCUT2D eigenvalue weighted by molar-refractivity contribution is 0.0696. The van der Waals surface area contributed by atoms with E-state index in [0.717, 1.165) is 0 Å². The Labute approximate surface area is 95.3 Å². The number of carboxylic acids is 1. The molecular formula is C10H5Cl2NO2. The number of fused-ring (bicyclic) bond motifs is 1. The third-order valence-electron chi connectivity index (χ3n) is 1.99. The van der Waals surface area contributed by atoms with E-state index in [0.29, 0.717) is 20.9 Å². The van der Waals surface area contributed by atoms with Crippen LogP contribution in [0.2, 0.25) is 10.0 Å². The summed E-state index contributed by atoms with van der Waals surface area (Å²) >= 11 is 11.8. The number of aromatic carboxylic acids is 1. The van der Waals surface area contributed by atoms with Crippen molar-refractivity contribution in [3.05, 3.63) is 40.0 Å². The molecule has 0 aliphatic rings. The fourth-order valence-electron chi connectivity index (χ4n) is 1.27. The maximum absolute atomic E-state index is 10.7. The molecule has 0 aliphatic carbocycles. The molecule has 0 atom stereocenters. The quantitative estimate of drug-likeness (QED) is 0.834. The van der Waals surface area contributed by atoms with Crippen LogP contribution in [-0.2, 0) is 0 Å². The average Bonchev–Trinajstić information content (AvgIpc) is 2.23. The van der Waals surface area contributed by atoms with Crippen molar-refractivity contribution in [2.24, 2.45) is 0 Å². The summed E-state index contributed by atoms with van der Waals surface area (Å²) in [6.07, 6.45) is 1.26. The minimum Gasteiger partial charge on any atom is -0.478 e. The van der Waals surface area contributed by atoms with Crippen LogP contribution in [0, 0.1) is 0 Å². The molecule has 1 heterocycles. The molecule has 2 rings (SSSR count). The summed E-state index contributed by atoms with van der Waals surface area (Å²) in [7, 11) is 0. The number of nitrogens with zero attached hydrogens (tertiary/aromatic N) is 1. The fraction of sp³-hybridized carbons (Fsp3) is 0. The molecule has 1 N–H and O–H groups in total. The van der Waals surface area contributed by atoms with Crippen LogP contribution < -0.4 is 0 Å². The van der Waals surface area contributed by atoms with E-state index in [2.05, 4.69) is 4.98 Å². The second-order valence-electron chi connectivity index (χ2n) is 2.95. The molecular weight excluding hydrogens is 237 g/mol. The van der Waals surface area contributed by atoms with Crippen molar-refractivity contribution in [1.82, 2.24) is 4.98 Å². The molecule has 76 valence electrons. The van der Waals surface area contributed by atoms with Crippen LogP contribution in [0.1, 0.15) is 10.4 Å². The monoisotopic (exact) mass is 241 g/mol. The number of aromatic nitrogens is 1. The molecule has 2 aromatic rings. The van der Waals surface area contributed by atoms with Gasteiger partial charge in [0.05, 0.1) is 21.1 Å². The van der Waals surface area contributed by atoms with Gasteiger partial charge in [0.1, 0.15) is 0 Å². The van der Waals surface area contributed by atoms with E-state index in [4.69, 9.17) is 28.3 Å². The first-order valence-corrected chi connectivity index (χ1v) is 4.82. The molecule has 5 heteroatoms. The van der Waals surface area contributed by atoms with E-state index in [1.54, 1.807) is 12.1 Å². The van der Waals surface area contributed by atoms with Gasteiger partial charge in [-0.1, -0.05) is 23.2 Å². The molecule has 0 saturated carbocycles. The van der Waals surface area contributed by atoms with E-state index in [1.165, 1.54) is 12.3 Å². The van der Waals surface area contributed by atoms with Crippen LogP contribution in [-0.4, -0.2) is 16.1 Å². The lowest BCUT2D eigenvalue weighted by Gasteiger charge is -2.02. The Kier molecular flexibility index (Phi) is 2.50. The maximum atomic E-state index is 10.7. The van der Waals surface area contributed by atoms with Gasteiger partial charge in [0.25, 0.3) is 0 Å². The molecule has 0 radical (unpaired) electrons. The van der Waals surface area contributed by atoms with Crippen molar-refractivity contribution < 1.29 is 9.90 Å². The molecule has 0 aliphatic heterocycles. The Hall–Kier alpha value is -1.32. The largest absolute Gasteiger partial charge is 0.478 e. The summed E-state index contributed by atoms with van der Waals surface area (Å²) in [6, 6.07) is 4.69. The van der Waals surface area contributed by atoms with Gasteiger partial charge in [0.2, 0.25) is 0 Å². The van der Waals surface area contributed by atoms with Crippen molar-refractivity contribution in [3.63, 3.8) is 0 Å². The average molecular weight is 242 g/mol. The number of rotatable bonds is 1. The molecule has 3 nitrogen and oxygen atoms in total. The molecule has 0 saturated heterocycles. The third-order valence-corrected chi connectivity index (χ3v) is 2.63. The van der Waals surface area contributed by atoms with Crippen molar-refractivity contribution >= 4 is 40.1 Å². The molecule has 0 fully saturated rings. The topological polar surface area (TPSA) is 50.2 Å². The van der Waals surface area contributed by atoms with Crippen molar-refractivity contribution in [2.45, 2.75) is 0 Å². The highest BCUT2D eigenvalue weighted by Gasteiger charge is 2.09. The number of carboxylic acid groups (broad SMARTS) is 1. The van der Waals surface area contributed by atoms with Crippen LogP contribution in [0.25, 0.3) is 10.9 Å². The summed E-state index contributed by atoms with van der Waals surface area (Å²) in [6.45, 7) is 0. The van der Waals surface area contributed by atoms with Gasteiger partial charge in [0.15, 0.2) is 0 Å². The fourth-order valence-corrected chi connectivity index (χ4v) is 1.69. The highest BCUT2D eigenvalue weighted by molar-refractivity contribution is 6.39. The zero-order valence-corrected chi connectivity index (χ0v) is 8.88. The standard InChI is InChI=1S/C10H5Cl2NO2/c11-7-1-2-8(12)9-6(7)3-5(4-13-9)10(14)15/h1-4H,(H,14,15). The highest BCUT2D eigenvalue weighted by Crippen LogP contribution is 2.28. The minimum atomic E-state index is -1.04. The number of pyridine rings is 1. The molecule has 0 spiro atoms. The number of hydrogen-bond acceptors (Lipinski definition) is 2. The Balaban J connectivity index is 2.81. The van der Waals surface area contributed by atoms with E-state index < -0.39 is 5.97 Å². The van der Waals surface area contributed by atoms with Gasteiger partial charge in [-0.15, -0.1) is 0 Å². The van der Waals surface area contributed by atoms with Crippen LogP contribution in [0.3, 0.4) is 0 Å². The van der Waals surface area contributed by atoms with Gasteiger partial charge < -0.3 is 5.11 Å². The molecule has 0 unspecified atom stereocenters. The predicted octanol–water partition coefficient (Wildman–Crippen LogP) is 3.24. The summed E-state index contributed by atoms with van der Waals surface area (Å²) < 4.78 is 0.